The van der Waals surface area contributed by atoms with E-state index >= 15 is 0 Å². The van der Waals surface area contributed by atoms with E-state index in [9.17, 15) is 4.39 Å². The summed E-state index contributed by atoms with van der Waals surface area (Å²) < 4.78 is 14.4. The van der Waals surface area contributed by atoms with Gasteiger partial charge in [-0.2, -0.15) is 0 Å². The molecule has 0 radical (unpaired) electrons. The average Bonchev–Trinajstić information content (AvgIpc) is 2.53. The van der Waals surface area contributed by atoms with E-state index in [1.165, 1.54) is 6.07 Å². The molecule has 4 N–H and O–H groups in total. The molecule has 3 rings (SSSR count). The summed E-state index contributed by atoms with van der Waals surface area (Å²) in [7, 11) is 0. The number of nitrogens with two attached hydrogens (primary N) is 2. The minimum absolute atomic E-state index is 0.0792. The van der Waals surface area contributed by atoms with Crippen molar-refractivity contribution < 1.29 is 4.39 Å². The summed E-state index contributed by atoms with van der Waals surface area (Å²) in [4.78, 5) is 8.47. The molecule has 0 amide bonds. The molecule has 0 unspecified atom stereocenters. The normalized spacial score (nSPS) is 10.7. The van der Waals surface area contributed by atoms with Crippen LogP contribution in [0.25, 0.3) is 27.7 Å². The number of guanidine groups is 1. The van der Waals surface area contributed by atoms with E-state index in [1.807, 2.05) is 25.1 Å². The van der Waals surface area contributed by atoms with Gasteiger partial charge in [-0.25, -0.2) is 9.38 Å². The lowest BCUT2D eigenvalue weighted by Gasteiger charge is -2.12. The van der Waals surface area contributed by atoms with E-state index in [4.69, 9.17) is 23.1 Å². The van der Waals surface area contributed by atoms with Crippen LogP contribution in [-0.2, 0) is 0 Å². The number of aryl methyl sites for hydroxylation is 1. The van der Waals surface area contributed by atoms with Gasteiger partial charge in [0.15, 0.2) is 5.96 Å². The van der Waals surface area contributed by atoms with Gasteiger partial charge < -0.3 is 11.5 Å². The fourth-order valence-corrected chi connectivity index (χ4v) is 2.98. The van der Waals surface area contributed by atoms with E-state index in [0.717, 1.165) is 16.6 Å². The summed E-state index contributed by atoms with van der Waals surface area (Å²) in [6.45, 7) is 5.71. The predicted octanol–water partition coefficient (Wildman–Crippen LogP) is 4.25. The number of aromatic nitrogens is 1. The Labute approximate surface area is 149 Å². The zero-order valence-electron chi connectivity index (χ0n) is 13.6. The first-order valence-corrected chi connectivity index (χ1v) is 7.89. The Morgan fingerprint density at radius 1 is 1.20 bits per heavy atom. The molecule has 0 aliphatic heterocycles. The predicted molar refractivity (Wildman–Crippen MR) is 102 cm³/mol. The molecule has 2 aromatic carbocycles. The first kappa shape index (κ1) is 16.9. The van der Waals surface area contributed by atoms with Crippen LogP contribution in [-0.4, -0.2) is 10.9 Å². The maximum atomic E-state index is 14.4. The van der Waals surface area contributed by atoms with Gasteiger partial charge in [-0.1, -0.05) is 30.3 Å². The molecule has 0 aliphatic carbocycles. The average molecular weight is 355 g/mol. The highest BCUT2D eigenvalue weighted by atomic mass is 35.5. The topological polar surface area (TPSA) is 77.3 Å². The summed E-state index contributed by atoms with van der Waals surface area (Å²) in [5, 5.41) is 1.07. The number of rotatable bonds is 3. The molecule has 0 saturated carbocycles. The molecule has 4 nitrogen and oxygen atoms in total. The van der Waals surface area contributed by atoms with Crippen LogP contribution >= 0.6 is 11.6 Å². The van der Waals surface area contributed by atoms with Crippen molar-refractivity contribution >= 4 is 34.2 Å². The van der Waals surface area contributed by atoms with E-state index < -0.39 is 5.82 Å². The minimum atomic E-state index is -0.396. The number of fused-ring (bicyclic) bond motifs is 1. The molecule has 126 valence electrons. The largest absolute Gasteiger partial charge is 0.370 e. The van der Waals surface area contributed by atoms with Gasteiger partial charge in [0.25, 0.3) is 0 Å². The number of halogens is 2. The zero-order valence-corrected chi connectivity index (χ0v) is 14.3. The van der Waals surface area contributed by atoms with Crippen LogP contribution in [0, 0.1) is 12.7 Å². The molecule has 0 saturated heterocycles. The third-order valence-corrected chi connectivity index (χ3v) is 4.08. The summed E-state index contributed by atoms with van der Waals surface area (Å²) in [5.41, 5.74) is 14.4. The Balaban J connectivity index is 2.31. The Morgan fingerprint density at radius 2 is 1.96 bits per heavy atom. The lowest BCUT2D eigenvalue weighted by atomic mass is 9.97. The van der Waals surface area contributed by atoms with Crippen LogP contribution in [0.4, 0.5) is 4.39 Å². The number of pyridine rings is 1. The number of hydrogen-bond acceptors (Lipinski definition) is 2. The number of hydrogen-bond donors (Lipinski definition) is 2. The molecular formula is C19H16ClFN4. The third kappa shape index (κ3) is 3.32. The van der Waals surface area contributed by atoms with Crippen molar-refractivity contribution in [1.29, 1.82) is 0 Å². The van der Waals surface area contributed by atoms with Gasteiger partial charge in [0.2, 0.25) is 0 Å². The molecule has 0 fully saturated rings. The molecule has 1 aromatic heterocycles. The van der Waals surface area contributed by atoms with E-state index in [0.29, 0.717) is 27.4 Å². The molecule has 1 heterocycles. The minimum Gasteiger partial charge on any atom is -0.370 e. The van der Waals surface area contributed by atoms with Gasteiger partial charge in [-0.15, -0.1) is 0 Å². The lowest BCUT2D eigenvalue weighted by Crippen LogP contribution is -2.22. The Hall–Kier alpha value is -2.92. The van der Waals surface area contributed by atoms with Crippen LogP contribution in [0.15, 0.2) is 54.0 Å². The molecule has 25 heavy (non-hydrogen) atoms. The molecule has 0 spiro atoms. The second kappa shape index (κ2) is 6.53. The van der Waals surface area contributed by atoms with Gasteiger partial charge >= 0.3 is 0 Å². The van der Waals surface area contributed by atoms with Gasteiger partial charge in [-0.3, -0.25) is 4.98 Å². The fourth-order valence-electron chi connectivity index (χ4n) is 2.72. The van der Waals surface area contributed by atoms with E-state index in [2.05, 4.69) is 16.6 Å². The van der Waals surface area contributed by atoms with Crippen LogP contribution < -0.4 is 11.5 Å². The smallest absolute Gasteiger partial charge is 0.191 e. The SMILES string of the molecule is C=C(N=C(N)N)c1ccc2nc(C)cc(-c3c(F)cccc3Cl)c2c1. The Morgan fingerprint density at radius 3 is 2.64 bits per heavy atom. The van der Waals surface area contributed by atoms with Gasteiger partial charge in [0.05, 0.1) is 16.2 Å². The van der Waals surface area contributed by atoms with Crippen LogP contribution in [0.1, 0.15) is 11.3 Å². The van der Waals surface area contributed by atoms with Gasteiger partial charge in [-0.05, 0) is 42.8 Å². The molecular weight excluding hydrogens is 339 g/mol. The number of aliphatic imine (C=N–C) groups is 1. The first-order valence-electron chi connectivity index (χ1n) is 7.51. The molecule has 0 bridgehead atoms. The summed E-state index contributed by atoms with van der Waals surface area (Å²) in [6, 6.07) is 11.9. The van der Waals surface area contributed by atoms with Crippen molar-refractivity contribution in [3.8, 4) is 11.1 Å². The van der Waals surface area contributed by atoms with Crippen molar-refractivity contribution in [1.82, 2.24) is 4.98 Å². The second-order valence-electron chi connectivity index (χ2n) is 5.62. The maximum absolute atomic E-state index is 14.4. The lowest BCUT2D eigenvalue weighted by molar-refractivity contribution is 0.631. The van der Waals surface area contributed by atoms with E-state index in [1.54, 1.807) is 18.2 Å². The maximum Gasteiger partial charge on any atom is 0.191 e. The van der Waals surface area contributed by atoms with Gasteiger partial charge in [0.1, 0.15) is 5.82 Å². The Kier molecular flexibility index (Phi) is 4.42. The highest BCUT2D eigenvalue weighted by Gasteiger charge is 2.15. The van der Waals surface area contributed by atoms with Crippen molar-refractivity contribution in [2.24, 2.45) is 16.5 Å². The molecule has 0 aliphatic rings. The third-order valence-electron chi connectivity index (χ3n) is 3.77. The van der Waals surface area contributed by atoms with E-state index in [-0.39, 0.29) is 5.96 Å². The van der Waals surface area contributed by atoms with Crippen molar-refractivity contribution in [2.75, 3.05) is 0 Å². The van der Waals surface area contributed by atoms with Crippen LogP contribution in [0.2, 0.25) is 5.02 Å². The fraction of sp³-hybridized carbons (Fsp3) is 0.0526. The van der Waals surface area contributed by atoms with Crippen molar-refractivity contribution in [3.05, 3.63) is 71.1 Å². The number of nitrogens with zero attached hydrogens (tertiary/aromatic N) is 2. The summed E-state index contributed by atoms with van der Waals surface area (Å²) in [5.74, 6) is -0.475. The first-order chi connectivity index (χ1) is 11.9. The molecule has 6 heteroatoms. The van der Waals surface area contributed by atoms with Crippen molar-refractivity contribution in [2.45, 2.75) is 6.92 Å². The summed E-state index contributed by atoms with van der Waals surface area (Å²) >= 11 is 6.26. The second-order valence-corrected chi connectivity index (χ2v) is 6.03. The highest BCUT2D eigenvalue weighted by molar-refractivity contribution is 6.33. The van der Waals surface area contributed by atoms with Gasteiger partial charge in [0, 0.05) is 22.2 Å². The molecule has 3 aromatic rings. The standard InChI is InChI=1S/C19H16ClFN4/c1-10-8-14(18-15(20)4-3-5-16(18)21)13-9-12(6-7-17(13)24-10)11(2)25-19(22)23/h3-9H,2H2,1H3,(H4,22,23,25). The monoisotopic (exact) mass is 354 g/mol. The zero-order chi connectivity index (χ0) is 18.1. The summed E-state index contributed by atoms with van der Waals surface area (Å²) in [6.07, 6.45) is 0. The highest BCUT2D eigenvalue weighted by Crippen LogP contribution is 2.36. The van der Waals surface area contributed by atoms with Crippen molar-refractivity contribution in [3.63, 3.8) is 0 Å². The van der Waals surface area contributed by atoms with Crippen LogP contribution in [0.5, 0.6) is 0 Å². The van der Waals surface area contributed by atoms with Crippen LogP contribution in [0.3, 0.4) is 0 Å². The quantitative estimate of drug-likeness (QED) is 0.545. The molecule has 0 atom stereocenters. The number of benzene rings is 2. The Bertz CT molecular complexity index is 1000.